The minimum Gasteiger partial charge on any atom is -0.480 e. The standard InChI is InChI=1S/C15H22N2O6S/c1-3-9-17(11-14(18)19)15(20)12-4-6-13(7-5-12)24(21,22)16-8-10-23-2/h4-7,16H,3,8-11H2,1-2H3,(H,18,19). The number of carboxylic acid groups (broad SMARTS) is 1. The van der Waals surface area contributed by atoms with Gasteiger partial charge in [-0.05, 0) is 30.7 Å². The van der Waals surface area contributed by atoms with Gasteiger partial charge >= 0.3 is 5.97 Å². The Labute approximate surface area is 141 Å². The van der Waals surface area contributed by atoms with Gasteiger partial charge in [-0.1, -0.05) is 6.92 Å². The fourth-order valence-electron chi connectivity index (χ4n) is 2.01. The van der Waals surface area contributed by atoms with Crippen molar-refractivity contribution in [2.75, 3.05) is 33.4 Å². The number of carboxylic acids is 1. The number of methoxy groups -OCH3 is 1. The third-order valence-corrected chi connectivity index (χ3v) is 4.59. The molecule has 0 aliphatic carbocycles. The van der Waals surface area contributed by atoms with Crippen LogP contribution in [0.25, 0.3) is 0 Å². The molecule has 0 atom stereocenters. The van der Waals surface area contributed by atoms with Crippen LogP contribution in [-0.4, -0.2) is 63.7 Å². The molecule has 0 aliphatic heterocycles. The second kappa shape index (κ2) is 9.36. The van der Waals surface area contributed by atoms with Gasteiger partial charge in [-0.15, -0.1) is 0 Å². The maximum Gasteiger partial charge on any atom is 0.323 e. The van der Waals surface area contributed by atoms with Crippen LogP contribution in [0.15, 0.2) is 29.2 Å². The summed E-state index contributed by atoms with van der Waals surface area (Å²) in [5.41, 5.74) is 0.237. The molecule has 0 saturated carbocycles. The fraction of sp³-hybridized carbons (Fsp3) is 0.467. The highest BCUT2D eigenvalue weighted by Crippen LogP contribution is 2.12. The van der Waals surface area contributed by atoms with Gasteiger partial charge in [0.15, 0.2) is 0 Å². The van der Waals surface area contributed by atoms with Gasteiger partial charge in [-0.25, -0.2) is 13.1 Å². The van der Waals surface area contributed by atoms with Crippen LogP contribution in [-0.2, 0) is 19.6 Å². The van der Waals surface area contributed by atoms with Crippen molar-refractivity contribution in [1.82, 2.24) is 9.62 Å². The number of sulfonamides is 1. The largest absolute Gasteiger partial charge is 0.480 e. The lowest BCUT2D eigenvalue weighted by Crippen LogP contribution is -2.36. The van der Waals surface area contributed by atoms with Crippen molar-refractivity contribution in [3.63, 3.8) is 0 Å². The molecule has 0 fully saturated rings. The first-order chi connectivity index (χ1) is 11.3. The van der Waals surface area contributed by atoms with Crippen molar-refractivity contribution < 1.29 is 27.9 Å². The van der Waals surface area contributed by atoms with E-state index in [1.807, 2.05) is 6.92 Å². The van der Waals surface area contributed by atoms with Crippen molar-refractivity contribution >= 4 is 21.9 Å². The summed E-state index contributed by atoms with van der Waals surface area (Å²) in [5, 5.41) is 8.87. The van der Waals surface area contributed by atoms with E-state index < -0.39 is 28.4 Å². The summed E-state index contributed by atoms with van der Waals surface area (Å²) < 4.78 is 31.2. The van der Waals surface area contributed by atoms with Gasteiger partial charge in [0.2, 0.25) is 10.0 Å². The molecule has 0 spiro atoms. The zero-order valence-electron chi connectivity index (χ0n) is 13.7. The Morgan fingerprint density at radius 2 is 1.88 bits per heavy atom. The molecule has 0 unspecified atom stereocenters. The van der Waals surface area contributed by atoms with E-state index in [-0.39, 0.29) is 23.6 Å². The number of aliphatic carboxylic acids is 1. The van der Waals surface area contributed by atoms with Crippen LogP contribution in [0.1, 0.15) is 23.7 Å². The zero-order chi connectivity index (χ0) is 18.2. The van der Waals surface area contributed by atoms with Crippen LogP contribution < -0.4 is 4.72 Å². The molecule has 0 heterocycles. The molecule has 2 N–H and O–H groups in total. The molecular weight excluding hydrogens is 336 g/mol. The number of hydrogen-bond donors (Lipinski definition) is 2. The van der Waals surface area contributed by atoms with Crippen molar-refractivity contribution in [3.05, 3.63) is 29.8 Å². The maximum absolute atomic E-state index is 12.3. The third-order valence-electron chi connectivity index (χ3n) is 3.12. The lowest BCUT2D eigenvalue weighted by Gasteiger charge is -2.20. The van der Waals surface area contributed by atoms with Gasteiger partial charge < -0.3 is 14.7 Å². The number of ether oxygens (including phenoxy) is 1. The van der Waals surface area contributed by atoms with Crippen molar-refractivity contribution in [2.24, 2.45) is 0 Å². The molecule has 1 aromatic carbocycles. The summed E-state index contributed by atoms with van der Waals surface area (Å²) in [6, 6.07) is 5.37. The number of carbonyl (C=O) groups excluding carboxylic acids is 1. The van der Waals surface area contributed by atoms with E-state index in [9.17, 15) is 18.0 Å². The number of nitrogens with one attached hydrogen (secondary N) is 1. The Hall–Kier alpha value is -1.97. The van der Waals surface area contributed by atoms with Crippen LogP contribution in [0, 0.1) is 0 Å². The van der Waals surface area contributed by atoms with Crippen LogP contribution in [0.5, 0.6) is 0 Å². The molecule has 134 valence electrons. The van der Waals surface area contributed by atoms with E-state index in [0.717, 1.165) is 0 Å². The third kappa shape index (κ3) is 5.91. The Morgan fingerprint density at radius 3 is 2.38 bits per heavy atom. The maximum atomic E-state index is 12.3. The number of rotatable bonds is 10. The summed E-state index contributed by atoms with van der Waals surface area (Å²) >= 11 is 0. The molecule has 1 amide bonds. The molecule has 24 heavy (non-hydrogen) atoms. The Kier molecular flexibility index (Phi) is 7.83. The van der Waals surface area contributed by atoms with Crippen molar-refractivity contribution in [2.45, 2.75) is 18.2 Å². The average Bonchev–Trinajstić information content (AvgIpc) is 2.53. The highest BCUT2D eigenvalue weighted by atomic mass is 32.2. The molecule has 1 aromatic rings. The molecule has 0 saturated heterocycles. The second-order valence-electron chi connectivity index (χ2n) is 5.04. The monoisotopic (exact) mass is 358 g/mol. The lowest BCUT2D eigenvalue weighted by atomic mass is 10.2. The highest BCUT2D eigenvalue weighted by molar-refractivity contribution is 7.89. The van der Waals surface area contributed by atoms with Gasteiger partial charge in [-0.2, -0.15) is 0 Å². The minimum absolute atomic E-state index is 0.0235. The van der Waals surface area contributed by atoms with E-state index >= 15 is 0 Å². The first-order valence-electron chi connectivity index (χ1n) is 7.41. The van der Waals surface area contributed by atoms with Gasteiger partial charge in [-0.3, -0.25) is 9.59 Å². The first kappa shape index (κ1) is 20.1. The number of benzene rings is 1. The van der Waals surface area contributed by atoms with E-state index in [4.69, 9.17) is 9.84 Å². The summed E-state index contributed by atoms with van der Waals surface area (Å²) in [5.74, 6) is -1.55. The normalized spacial score (nSPS) is 11.2. The molecule has 0 aliphatic rings. The number of hydrogen-bond acceptors (Lipinski definition) is 5. The van der Waals surface area contributed by atoms with Crippen LogP contribution in [0.3, 0.4) is 0 Å². The summed E-state index contributed by atoms with van der Waals surface area (Å²) in [6.45, 7) is 2.14. The van der Waals surface area contributed by atoms with Gasteiger partial charge in [0.05, 0.1) is 11.5 Å². The zero-order valence-corrected chi connectivity index (χ0v) is 14.5. The quantitative estimate of drug-likeness (QED) is 0.591. The first-order valence-corrected chi connectivity index (χ1v) is 8.90. The SMILES string of the molecule is CCCN(CC(=O)O)C(=O)c1ccc(S(=O)(=O)NCCOC)cc1. The predicted octanol–water partition coefficient (Wildman–Crippen LogP) is 0.548. The smallest absolute Gasteiger partial charge is 0.323 e. The lowest BCUT2D eigenvalue weighted by molar-refractivity contribution is -0.137. The van der Waals surface area contributed by atoms with Gasteiger partial charge in [0, 0.05) is 25.8 Å². The molecule has 0 bridgehead atoms. The van der Waals surface area contributed by atoms with Gasteiger partial charge in [0.1, 0.15) is 6.54 Å². The van der Waals surface area contributed by atoms with E-state index in [2.05, 4.69) is 4.72 Å². The minimum atomic E-state index is -3.67. The van der Waals surface area contributed by atoms with E-state index in [0.29, 0.717) is 13.0 Å². The molecule has 0 aromatic heterocycles. The Balaban J connectivity index is 2.89. The van der Waals surface area contributed by atoms with Crippen LogP contribution in [0.2, 0.25) is 0 Å². The highest BCUT2D eigenvalue weighted by Gasteiger charge is 2.19. The topological polar surface area (TPSA) is 113 Å². The number of amides is 1. The summed E-state index contributed by atoms with van der Waals surface area (Å²) in [4.78, 5) is 24.4. The average molecular weight is 358 g/mol. The molecule has 1 rings (SSSR count). The second-order valence-corrected chi connectivity index (χ2v) is 6.80. The molecule has 0 radical (unpaired) electrons. The number of carbonyl (C=O) groups is 2. The van der Waals surface area contributed by atoms with Crippen LogP contribution >= 0.6 is 0 Å². The van der Waals surface area contributed by atoms with Crippen molar-refractivity contribution in [1.29, 1.82) is 0 Å². The number of nitrogens with zero attached hydrogens (tertiary/aromatic N) is 1. The Bertz CT molecular complexity index is 657. The van der Waals surface area contributed by atoms with Gasteiger partial charge in [0.25, 0.3) is 5.91 Å². The summed E-state index contributed by atoms with van der Waals surface area (Å²) in [7, 11) is -2.21. The molecule has 8 nitrogen and oxygen atoms in total. The summed E-state index contributed by atoms with van der Waals surface area (Å²) in [6.07, 6.45) is 0.620. The predicted molar refractivity (Wildman–Crippen MR) is 87.3 cm³/mol. The fourth-order valence-corrected chi connectivity index (χ4v) is 3.02. The van der Waals surface area contributed by atoms with E-state index in [1.165, 1.54) is 36.3 Å². The molecular formula is C15H22N2O6S. The Morgan fingerprint density at radius 1 is 1.25 bits per heavy atom. The molecule has 9 heteroatoms. The van der Waals surface area contributed by atoms with E-state index in [1.54, 1.807) is 0 Å². The van der Waals surface area contributed by atoms with Crippen molar-refractivity contribution in [3.8, 4) is 0 Å². The van der Waals surface area contributed by atoms with Crippen LogP contribution in [0.4, 0.5) is 0 Å².